The summed E-state index contributed by atoms with van der Waals surface area (Å²) in [5, 5.41) is 21.5. The molecular formula is C9H13N3O3. The molecule has 2 rings (SSSR count). The number of rotatable bonds is 4. The summed E-state index contributed by atoms with van der Waals surface area (Å²) in [6.07, 6.45) is 1.76. The number of aliphatic hydroxyl groups excluding tert-OH is 1. The van der Waals surface area contributed by atoms with Gasteiger partial charge in [0.15, 0.2) is 0 Å². The molecule has 0 aliphatic carbocycles. The van der Waals surface area contributed by atoms with Crippen LogP contribution in [-0.2, 0) is 24.4 Å². The number of carboxylic acid groups (broad SMARTS) is 1. The molecule has 0 radical (unpaired) electrons. The molecule has 0 aromatic carbocycles. The lowest BCUT2D eigenvalue weighted by molar-refractivity contribution is -0.137. The van der Waals surface area contributed by atoms with Gasteiger partial charge in [-0.05, 0) is 0 Å². The molecule has 0 amide bonds. The van der Waals surface area contributed by atoms with E-state index in [2.05, 4.69) is 10.00 Å². The fourth-order valence-corrected chi connectivity index (χ4v) is 1.80. The zero-order valence-electron chi connectivity index (χ0n) is 8.26. The van der Waals surface area contributed by atoms with Gasteiger partial charge in [-0.3, -0.25) is 14.4 Å². The van der Waals surface area contributed by atoms with Gasteiger partial charge < -0.3 is 10.2 Å². The van der Waals surface area contributed by atoms with Crippen LogP contribution < -0.4 is 0 Å². The van der Waals surface area contributed by atoms with E-state index in [9.17, 15) is 4.79 Å². The van der Waals surface area contributed by atoms with Crippen LogP contribution in [0.25, 0.3) is 0 Å². The number of aliphatic carboxylic acids is 1. The molecule has 0 spiro atoms. The predicted octanol–water partition coefficient (Wildman–Crippen LogP) is -0.724. The summed E-state index contributed by atoms with van der Waals surface area (Å²) in [7, 11) is 0. The quantitative estimate of drug-likeness (QED) is 0.687. The molecule has 0 bridgehead atoms. The van der Waals surface area contributed by atoms with Crippen molar-refractivity contribution in [1.82, 2.24) is 14.7 Å². The summed E-state index contributed by atoms with van der Waals surface area (Å²) < 4.78 is 1.45. The van der Waals surface area contributed by atoms with Crippen molar-refractivity contribution in [3.63, 3.8) is 0 Å². The normalized spacial score (nSPS) is 15.5. The molecule has 6 heteroatoms. The standard InChI is InChI=1S/C9H13N3O3/c13-2-1-11-3-7-4-12(6-9(14)15)10-8(7)5-11/h4,13H,1-3,5-6H2,(H,14,15). The van der Waals surface area contributed by atoms with Gasteiger partial charge >= 0.3 is 5.97 Å². The number of hydrogen-bond acceptors (Lipinski definition) is 4. The Kier molecular flexibility index (Phi) is 2.70. The van der Waals surface area contributed by atoms with Gasteiger partial charge in [0.1, 0.15) is 6.54 Å². The van der Waals surface area contributed by atoms with Crippen molar-refractivity contribution in [3.8, 4) is 0 Å². The van der Waals surface area contributed by atoms with Crippen molar-refractivity contribution < 1.29 is 15.0 Å². The number of carboxylic acids is 1. The van der Waals surface area contributed by atoms with E-state index in [4.69, 9.17) is 10.2 Å². The van der Waals surface area contributed by atoms with Crippen LogP contribution in [0.5, 0.6) is 0 Å². The van der Waals surface area contributed by atoms with Gasteiger partial charge in [0.25, 0.3) is 0 Å². The average molecular weight is 211 g/mol. The third-order valence-electron chi connectivity index (χ3n) is 2.41. The minimum atomic E-state index is -0.886. The Labute approximate surface area is 86.7 Å². The maximum absolute atomic E-state index is 10.5. The average Bonchev–Trinajstić information content (AvgIpc) is 2.60. The van der Waals surface area contributed by atoms with E-state index in [0.717, 1.165) is 17.8 Å². The number of fused-ring (bicyclic) bond motifs is 1. The van der Waals surface area contributed by atoms with Crippen molar-refractivity contribution in [2.75, 3.05) is 13.2 Å². The third-order valence-corrected chi connectivity index (χ3v) is 2.41. The van der Waals surface area contributed by atoms with Gasteiger partial charge in [-0.1, -0.05) is 0 Å². The first-order valence-electron chi connectivity index (χ1n) is 4.79. The van der Waals surface area contributed by atoms with E-state index in [1.54, 1.807) is 6.20 Å². The fraction of sp³-hybridized carbons (Fsp3) is 0.556. The summed E-state index contributed by atoms with van der Waals surface area (Å²) in [4.78, 5) is 12.5. The lowest BCUT2D eigenvalue weighted by atomic mass is 10.3. The van der Waals surface area contributed by atoms with E-state index in [1.165, 1.54) is 4.68 Å². The first kappa shape index (κ1) is 10.1. The van der Waals surface area contributed by atoms with Crippen molar-refractivity contribution >= 4 is 5.97 Å². The number of nitrogens with zero attached hydrogens (tertiary/aromatic N) is 3. The second kappa shape index (κ2) is 4.00. The Morgan fingerprint density at radius 2 is 2.33 bits per heavy atom. The maximum Gasteiger partial charge on any atom is 0.325 e. The topological polar surface area (TPSA) is 78.6 Å². The smallest absolute Gasteiger partial charge is 0.325 e. The van der Waals surface area contributed by atoms with E-state index in [-0.39, 0.29) is 13.2 Å². The van der Waals surface area contributed by atoms with E-state index < -0.39 is 5.97 Å². The highest BCUT2D eigenvalue weighted by molar-refractivity contribution is 5.66. The highest BCUT2D eigenvalue weighted by Crippen LogP contribution is 2.20. The minimum absolute atomic E-state index is 0.0903. The molecule has 0 saturated carbocycles. The zero-order chi connectivity index (χ0) is 10.8. The van der Waals surface area contributed by atoms with E-state index in [1.807, 2.05) is 0 Å². The van der Waals surface area contributed by atoms with Crippen LogP contribution in [-0.4, -0.2) is 44.0 Å². The van der Waals surface area contributed by atoms with Gasteiger partial charge in [0, 0.05) is 31.4 Å². The molecule has 0 fully saturated rings. The molecule has 2 N–H and O–H groups in total. The highest BCUT2D eigenvalue weighted by Gasteiger charge is 2.22. The molecular weight excluding hydrogens is 198 g/mol. The molecule has 1 aromatic rings. The monoisotopic (exact) mass is 211 g/mol. The predicted molar refractivity (Wildman–Crippen MR) is 51.1 cm³/mol. The molecule has 0 atom stereocenters. The second-order valence-corrected chi connectivity index (χ2v) is 3.63. The SMILES string of the molecule is O=C(O)Cn1cc2c(n1)CN(CCO)C2. The van der Waals surface area contributed by atoms with Crippen LogP contribution in [0.4, 0.5) is 0 Å². The maximum atomic E-state index is 10.5. The van der Waals surface area contributed by atoms with Crippen LogP contribution >= 0.6 is 0 Å². The fourth-order valence-electron chi connectivity index (χ4n) is 1.80. The Balaban J connectivity index is 2.02. The zero-order valence-corrected chi connectivity index (χ0v) is 8.26. The van der Waals surface area contributed by atoms with Crippen LogP contribution in [0.1, 0.15) is 11.3 Å². The molecule has 1 aromatic heterocycles. The molecule has 15 heavy (non-hydrogen) atoms. The summed E-state index contributed by atoms with van der Waals surface area (Å²) in [6, 6.07) is 0. The van der Waals surface area contributed by atoms with Gasteiger partial charge in [0.2, 0.25) is 0 Å². The number of aliphatic hydroxyl groups is 1. The number of β-amino-alcohol motifs (C(OH)–C–C–N with tert-alkyl or cyclic N) is 1. The minimum Gasteiger partial charge on any atom is -0.480 e. The largest absolute Gasteiger partial charge is 0.480 e. The summed E-state index contributed by atoms with van der Waals surface area (Å²) >= 11 is 0. The van der Waals surface area contributed by atoms with Crippen LogP contribution in [0.2, 0.25) is 0 Å². The Morgan fingerprint density at radius 3 is 2.93 bits per heavy atom. The Morgan fingerprint density at radius 1 is 1.53 bits per heavy atom. The van der Waals surface area contributed by atoms with Crippen molar-refractivity contribution in [2.24, 2.45) is 0 Å². The number of carbonyl (C=O) groups is 1. The van der Waals surface area contributed by atoms with Crippen LogP contribution in [0.15, 0.2) is 6.20 Å². The molecule has 2 heterocycles. The van der Waals surface area contributed by atoms with Crippen molar-refractivity contribution in [2.45, 2.75) is 19.6 Å². The number of aromatic nitrogens is 2. The molecule has 82 valence electrons. The molecule has 1 aliphatic heterocycles. The van der Waals surface area contributed by atoms with Gasteiger partial charge in [0.05, 0.1) is 12.3 Å². The number of hydrogen-bond donors (Lipinski definition) is 2. The molecule has 6 nitrogen and oxygen atoms in total. The first-order chi connectivity index (χ1) is 7.19. The van der Waals surface area contributed by atoms with Gasteiger partial charge in [-0.2, -0.15) is 5.10 Å². The van der Waals surface area contributed by atoms with Gasteiger partial charge in [-0.15, -0.1) is 0 Å². The van der Waals surface area contributed by atoms with Crippen molar-refractivity contribution in [3.05, 3.63) is 17.5 Å². The Bertz CT molecular complexity index is 351. The highest BCUT2D eigenvalue weighted by atomic mass is 16.4. The third kappa shape index (κ3) is 2.16. The molecule has 0 saturated heterocycles. The van der Waals surface area contributed by atoms with Crippen molar-refractivity contribution in [1.29, 1.82) is 0 Å². The first-order valence-corrected chi connectivity index (χ1v) is 4.79. The summed E-state index contributed by atoms with van der Waals surface area (Å²) in [5.74, 6) is -0.886. The molecule has 0 unspecified atom stereocenters. The Hall–Kier alpha value is -1.40. The van der Waals surface area contributed by atoms with E-state index in [0.29, 0.717) is 13.1 Å². The van der Waals surface area contributed by atoms with Crippen LogP contribution in [0, 0.1) is 0 Å². The summed E-state index contributed by atoms with van der Waals surface area (Å²) in [6.45, 7) is 2.12. The lowest BCUT2D eigenvalue weighted by Crippen LogP contribution is -2.21. The lowest BCUT2D eigenvalue weighted by Gasteiger charge is -2.12. The van der Waals surface area contributed by atoms with Gasteiger partial charge in [-0.25, -0.2) is 0 Å². The molecule has 1 aliphatic rings. The van der Waals surface area contributed by atoms with Crippen LogP contribution in [0.3, 0.4) is 0 Å². The second-order valence-electron chi connectivity index (χ2n) is 3.63. The van der Waals surface area contributed by atoms with E-state index >= 15 is 0 Å². The summed E-state index contributed by atoms with van der Waals surface area (Å²) in [5.41, 5.74) is 1.98.